The summed E-state index contributed by atoms with van der Waals surface area (Å²) in [5.74, 6) is 0.465. The first kappa shape index (κ1) is 18.0. The summed E-state index contributed by atoms with van der Waals surface area (Å²) in [6.07, 6.45) is 2.25. The SMILES string of the molecule is OCCCNc1nc(Nc2ccc(F)cc2Cl)cc(-c2ccccn2)n1. The van der Waals surface area contributed by atoms with Crippen LogP contribution >= 0.6 is 11.6 Å². The predicted molar refractivity (Wildman–Crippen MR) is 100 cm³/mol. The molecule has 8 heteroatoms. The first-order chi connectivity index (χ1) is 12.7. The molecule has 2 heterocycles. The van der Waals surface area contributed by atoms with Crippen molar-refractivity contribution in [3.05, 3.63) is 59.5 Å². The van der Waals surface area contributed by atoms with Crippen LogP contribution in [-0.4, -0.2) is 33.2 Å². The summed E-state index contributed by atoms with van der Waals surface area (Å²) in [5, 5.41) is 15.3. The van der Waals surface area contributed by atoms with Gasteiger partial charge in [0.15, 0.2) is 0 Å². The minimum Gasteiger partial charge on any atom is -0.396 e. The highest BCUT2D eigenvalue weighted by molar-refractivity contribution is 6.33. The molecule has 3 aromatic rings. The lowest BCUT2D eigenvalue weighted by Gasteiger charge is -2.12. The molecule has 0 saturated heterocycles. The lowest BCUT2D eigenvalue weighted by Crippen LogP contribution is -2.09. The van der Waals surface area contributed by atoms with E-state index >= 15 is 0 Å². The number of aliphatic hydroxyl groups excluding tert-OH is 1. The minimum absolute atomic E-state index is 0.0726. The van der Waals surface area contributed by atoms with Gasteiger partial charge < -0.3 is 15.7 Å². The third-order valence-corrected chi connectivity index (χ3v) is 3.78. The van der Waals surface area contributed by atoms with Crippen LogP contribution in [0.5, 0.6) is 0 Å². The largest absolute Gasteiger partial charge is 0.396 e. The quantitative estimate of drug-likeness (QED) is 0.545. The summed E-state index contributed by atoms with van der Waals surface area (Å²) in [6.45, 7) is 0.599. The number of hydrogen-bond donors (Lipinski definition) is 3. The zero-order valence-electron chi connectivity index (χ0n) is 13.8. The van der Waals surface area contributed by atoms with Crippen LogP contribution in [0.3, 0.4) is 0 Å². The number of aliphatic hydroxyl groups is 1. The summed E-state index contributed by atoms with van der Waals surface area (Å²) in [4.78, 5) is 13.2. The second-order valence-corrected chi connectivity index (χ2v) is 5.84. The van der Waals surface area contributed by atoms with Gasteiger partial charge in [0.1, 0.15) is 11.6 Å². The number of rotatable bonds is 7. The predicted octanol–water partition coefficient (Wildman–Crippen LogP) is 3.87. The van der Waals surface area contributed by atoms with Crippen LogP contribution in [0, 0.1) is 5.82 Å². The molecule has 0 aliphatic heterocycles. The molecule has 0 aliphatic rings. The normalized spacial score (nSPS) is 10.6. The molecular formula is C18H17ClFN5O. The Morgan fingerprint density at radius 3 is 2.69 bits per heavy atom. The van der Waals surface area contributed by atoms with E-state index in [4.69, 9.17) is 16.7 Å². The second kappa shape index (κ2) is 8.55. The summed E-state index contributed by atoms with van der Waals surface area (Å²) in [5.41, 5.74) is 1.83. The monoisotopic (exact) mass is 373 g/mol. The molecule has 6 nitrogen and oxygen atoms in total. The van der Waals surface area contributed by atoms with Crippen molar-refractivity contribution in [1.82, 2.24) is 15.0 Å². The summed E-state index contributed by atoms with van der Waals surface area (Å²) in [7, 11) is 0. The molecule has 0 unspecified atom stereocenters. The number of halogens is 2. The van der Waals surface area contributed by atoms with Gasteiger partial charge in [-0.1, -0.05) is 17.7 Å². The van der Waals surface area contributed by atoms with Crippen molar-refractivity contribution in [3.8, 4) is 11.4 Å². The van der Waals surface area contributed by atoms with Crippen LogP contribution in [0.2, 0.25) is 5.02 Å². The van der Waals surface area contributed by atoms with Gasteiger partial charge in [0, 0.05) is 25.4 Å². The summed E-state index contributed by atoms with van der Waals surface area (Å²) < 4.78 is 13.2. The molecule has 0 fully saturated rings. The maximum absolute atomic E-state index is 13.2. The van der Waals surface area contributed by atoms with Gasteiger partial charge in [-0.2, -0.15) is 4.98 Å². The first-order valence-corrected chi connectivity index (χ1v) is 8.41. The number of hydrogen-bond acceptors (Lipinski definition) is 6. The molecule has 0 saturated carbocycles. The van der Waals surface area contributed by atoms with Gasteiger partial charge in [0.05, 0.1) is 22.1 Å². The fraction of sp³-hybridized carbons (Fsp3) is 0.167. The van der Waals surface area contributed by atoms with Crippen molar-refractivity contribution in [1.29, 1.82) is 0 Å². The van der Waals surface area contributed by atoms with Crippen molar-refractivity contribution >= 4 is 29.1 Å². The number of pyridine rings is 1. The van der Waals surface area contributed by atoms with E-state index in [9.17, 15) is 4.39 Å². The average Bonchev–Trinajstić information content (AvgIpc) is 2.65. The van der Waals surface area contributed by atoms with Crippen LogP contribution < -0.4 is 10.6 Å². The zero-order chi connectivity index (χ0) is 18.4. The van der Waals surface area contributed by atoms with Gasteiger partial charge in [0.25, 0.3) is 0 Å². The average molecular weight is 374 g/mol. The van der Waals surface area contributed by atoms with E-state index in [0.717, 1.165) is 0 Å². The number of nitrogens with one attached hydrogen (secondary N) is 2. The molecule has 134 valence electrons. The van der Waals surface area contributed by atoms with Gasteiger partial charge in [0.2, 0.25) is 5.95 Å². The van der Waals surface area contributed by atoms with Gasteiger partial charge >= 0.3 is 0 Å². The highest BCUT2D eigenvalue weighted by atomic mass is 35.5. The fourth-order valence-electron chi connectivity index (χ4n) is 2.24. The van der Waals surface area contributed by atoms with E-state index < -0.39 is 5.82 Å². The van der Waals surface area contributed by atoms with Crippen LogP contribution in [0.25, 0.3) is 11.4 Å². The van der Waals surface area contributed by atoms with E-state index in [1.807, 2.05) is 18.2 Å². The van der Waals surface area contributed by atoms with E-state index in [1.54, 1.807) is 18.3 Å². The van der Waals surface area contributed by atoms with Gasteiger partial charge in [-0.3, -0.25) is 4.98 Å². The molecule has 26 heavy (non-hydrogen) atoms. The van der Waals surface area contributed by atoms with E-state index in [-0.39, 0.29) is 11.6 Å². The van der Waals surface area contributed by atoms with Crippen LogP contribution in [-0.2, 0) is 0 Å². The molecule has 3 rings (SSSR count). The molecular weight excluding hydrogens is 357 g/mol. The first-order valence-electron chi connectivity index (χ1n) is 8.03. The van der Waals surface area contributed by atoms with Crippen molar-refractivity contribution in [3.63, 3.8) is 0 Å². The topological polar surface area (TPSA) is 83.0 Å². The highest BCUT2D eigenvalue weighted by Gasteiger charge is 2.10. The number of aromatic nitrogens is 3. The molecule has 0 atom stereocenters. The Balaban J connectivity index is 1.93. The van der Waals surface area contributed by atoms with Gasteiger partial charge in [-0.15, -0.1) is 0 Å². The molecule has 2 aromatic heterocycles. The van der Waals surface area contributed by atoms with E-state index in [0.29, 0.717) is 41.8 Å². The smallest absolute Gasteiger partial charge is 0.225 e. The third kappa shape index (κ3) is 4.65. The Morgan fingerprint density at radius 2 is 1.96 bits per heavy atom. The molecule has 0 spiro atoms. The molecule has 0 aliphatic carbocycles. The zero-order valence-corrected chi connectivity index (χ0v) is 14.5. The maximum atomic E-state index is 13.2. The Morgan fingerprint density at radius 1 is 1.08 bits per heavy atom. The Labute approximate surface area is 155 Å². The lowest BCUT2D eigenvalue weighted by atomic mass is 10.2. The molecule has 3 N–H and O–H groups in total. The number of anilines is 3. The van der Waals surface area contributed by atoms with Crippen LogP contribution in [0.15, 0.2) is 48.7 Å². The molecule has 0 bridgehead atoms. The molecule has 1 aromatic carbocycles. The van der Waals surface area contributed by atoms with Crippen LogP contribution in [0.4, 0.5) is 21.8 Å². The lowest BCUT2D eigenvalue weighted by molar-refractivity contribution is 0.292. The molecule has 0 radical (unpaired) electrons. The minimum atomic E-state index is -0.413. The molecule has 0 amide bonds. The van der Waals surface area contributed by atoms with E-state index in [2.05, 4.69) is 25.6 Å². The summed E-state index contributed by atoms with van der Waals surface area (Å²) >= 11 is 6.08. The van der Waals surface area contributed by atoms with Gasteiger partial charge in [-0.05, 0) is 36.8 Å². The summed E-state index contributed by atoms with van der Waals surface area (Å²) in [6, 6.07) is 11.4. The number of nitrogens with zero attached hydrogens (tertiary/aromatic N) is 3. The van der Waals surface area contributed by atoms with Crippen molar-refractivity contribution in [2.75, 3.05) is 23.8 Å². The van der Waals surface area contributed by atoms with E-state index in [1.165, 1.54) is 12.1 Å². The van der Waals surface area contributed by atoms with Gasteiger partial charge in [-0.25, -0.2) is 9.37 Å². The van der Waals surface area contributed by atoms with Crippen molar-refractivity contribution < 1.29 is 9.50 Å². The Bertz CT molecular complexity index is 879. The second-order valence-electron chi connectivity index (χ2n) is 5.43. The number of benzene rings is 1. The fourth-order valence-corrected chi connectivity index (χ4v) is 2.46. The van der Waals surface area contributed by atoms with Crippen molar-refractivity contribution in [2.24, 2.45) is 0 Å². The highest BCUT2D eigenvalue weighted by Crippen LogP contribution is 2.27. The standard InChI is InChI=1S/C18H17ClFN5O/c19-13-10-12(20)5-6-14(13)23-17-11-16(15-4-1-2-7-21-15)24-18(25-17)22-8-3-9-26/h1-2,4-7,10-11,26H,3,8-9H2,(H2,22,23,24,25). The Hall–Kier alpha value is -2.77. The maximum Gasteiger partial charge on any atom is 0.225 e. The van der Waals surface area contributed by atoms with Crippen molar-refractivity contribution in [2.45, 2.75) is 6.42 Å². The Kier molecular flexibility index (Phi) is 5.93. The third-order valence-electron chi connectivity index (χ3n) is 3.47. The van der Waals surface area contributed by atoms with Crippen LogP contribution in [0.1, 0.15) is 6.42 Å².